The van der Waals surface area contributed by atoms with Gasteiger partial charge in [0.2, 0.25) is 0 Å². The summed E-state index contributed by atoms with van der Waals surface area (Å²) >= 11 is 0. The van der Waals surface area contributed by atoms with Crippen LogP contribution in [0.5, 0.6) is 5.75 Å². The van der Waals surface area contributed by atoms with E-state index in [1.807, 2.05) is 18.2 Å². The molecule has 1 aromatic heterocycles. The van der Waals surface area contributed by atoms with Crippen molar-refractivity contribution in [2.45, 2.75) is 68.7 Å². The number of hydrogen-bond acceptors (Lipinski definition) is 3. The first-order valence-corrected chi connectivity index (χ1v) is 12.6. The van der Waals surface area contributed by atoms with Gasteiger partial charge in [-0.25, -0.2) is 8.93 Å². The second-order valence-corrected chi connectivity index (χ2v) is 10.1. The second-order valence-electron chi connectivity index (χ2n) is 8.84. The van der Waals surface area contributed by atoms with Crippen molar-refractivity contribution in [1.82, 2.24) is 9.71 Å². The van der Waals surface area contributed by atoms with E-state index >= 15 is 0 Å². The molecule has 0 radical (unpaired) electrons. The van der Waals surface area contributed by atoms with Crippen molar-refractivity contribution in [2.75, 3.05) is 0 Å². The summed E-state index contributed by atoms with van der Waals surface area (Å²) in [5.74, 6) is 0.684. The molecular weight excluding hydrogens is 416 g/mol. The van der Waals surface area contributed by atoms with E-state index in [9.17, 15) is 9.32 Å². The van der Waals surface area contributed by atoms with Crippen molar-refractivity contribution in [3.8, 4) is 5.75 Å². The number of phenols is 1. The van der Waals surface area contributed by atoms with Crippen LogP contribution in [0.25, 0.3) is 0 Å². The summed E-state index contributed by atoms with van der Waals surface area (Å²) in [6, 6.07) is 18.1. The van der Waals surface area contributed by atoms with Gasteiger partial charge in [0.05, 0.1) is 4.90 Å². The number of pyridine rings is 1. The Bertz CT molecular complexity index is 1060. The average Bonchev–Trinajstić information content (AvgIpc) is 2.79. The molecule has 32 heavy (non-hydrogen) atoms. The van der Waals surface area contributed by atoms with E-state index in [0.717, 1.165) is 31.2 Å². The maximum Gasteiger partial charge on any atom is 0.126 e. The molecular formula is C27H32N2O2S. The van der Waals surface area contributed by atoms with Crippen LogP contribution in [0.3, 0.4) is 0 Å². The lowest BCUT2D eigenvalue weighted by Gasteiger charge is -2.48. The van der Waals surface area contributed by atoms with Crippen molar-refractivity contribution in [2.24, 2.45) is 0 Å². The van der Waals surface area contributed by atoms with Gasteiger partial charge < -0.3 is 5.11 Å². The van der Waals surface area contributed by atoms with Crippen molar-refractivity contribution in [1.29, 1.82) is 0 Å². The Kier molecular flexibility index (Phi) is 7.07. The molecule has 0 saturated heterocycles. The molecule has 0 amide bonds. The zero-order valence-electron chi connectivity index (χ0n) is 18.9. The molecule has 2 atom stereocenters. The molecule has 1 fully saturated rings. The maximum atomic E-state index is 12.6. The lowest BCUT2D eigenvalue weighted by Crippen LogP contribution is -2.39. The quantitative estimate of drug-likeness (QED) is 0.436. The Morgan fingerprint density at radius 2 is 1.94 bits per heavy atom. The maximum absolute atomic E-state index is 12.6. The molecule has 1 aliphatic rings. The predicted molar refractivity (Wildman–Crippen MR) is 130 cm³/mol. The van der Waals surface area contributed by atoms with E-state index in [1.54, 1.807) is 18.5 Å². The summed E-state index contributed by atoms with van der Waals surface area (Å²) in [5.41, 5.74) is 5.37. The molecule has 0 spiro atoms. The van der Waals surface area contributed by atoms with Gasteiger partial charge in [-0.15, -0.1) is 0 Å². The highest BCUT2D eigenvalue weighted by molar-refractivity contribution is 7.83. The summed E-state index contributed by atoms with van der Waals surface area (Å²) in [6.07, 6.45) is 9.05. The van der Waals surface area contributed by atoms with Crippen LogP contribution in [-0.4, -0.2) is 14.3 Å². The molecule has 4 rings (SSSR count). The highest BCUT2D eigenvalue weighted by atomic mass is 32.2. The number of rotatable bonds is 9. The number of nitrogens with zero attached hydrogens (tertiary/aromatic N) is 1. The highest BCUT2D eigenvalue weighted by Gasteiger charge is 2.44. The minimum atomic E-state index is -1.29. The molecule has 0 aliphatic heterocycles. The minimum absolute atomic E-state index is 0.112. The number of hydrogen-bond donors (Lipinski definition) is 2. The van der Waals surface area contributed by atoms with Gasteiger partial charge in [0.25, 0.3) is 0 Å². The van der Waals surface area contributed by atoms with Crippen molar-refractivity contribution < 1.29 is 9.32 Å². The van der Waals surface area contributed by atoms with E-state index in [4.69, 9.17) is 0 Å². The molecule has 4 nitrogen and oxygen atoms in total. The van der Waals surface area contributed by atoms with E-state index < -0.39 is 11.0 Å². The van der Waals surface area contributed by atoms with Gasteiger partial charge in [-0.1, -0.05) is 57.0 Å². The fraction of sp³-hybridized carbons (Fsp3) is 0.370. The van der Waals surface area contributed by atoms with Crippen LogP contribution in [0, 0.1) is 0 Å². The molecule has 1 saturated carbocycles. The summed E-state index contributed by atoms with van der Waals surface area (Å²) in [7, 11) is -1.29. The SMILES string of the molecule is CCCc1ccc(CNS(=O)c2cccnc2)cc1C(C)C1(c2ccc(O)cc2)CCC1. The number of aromatic hydroxyl groups is 1. The third-order valence-corrected chi connectivity index (χ3v) is 8.05. The molecule has 2 aromatic carbocycles. The predicted octanol–water partition coefficient (Wildman–Crippen LogP) is 5.78. The van der Waals surface area contributed by atoms with Gasteiger partial charge in [0, 0.05) is 24.4 Å². The first-order chi connectivity index (χ1) is 15.5. The Balaban J connectivity index is 1.60. The van der Waals surface area contributed by atoms with Gasteiger partial charge in [0.15, 0.2) is 0 Å². The number of aryl methyl sites for hydroxylation is 1. The Morgan fingerprint density at radius 1 is 1.16 bits per heavy atom. The van der Waals surface area contributed by atoms with Gasteiger partial charge in [0.1, 0.15) is 16.7 Å². The zero-order chi connectivity index (χ0) is 22.6. The van der Waals surface area contributed by atoms with Crippen LogP contribution >= 0.6 is 0 Å². The highest BCUT2D eigenvalue weighted by Crippen LogP contribution is 2.53. The van der Waals surface area contributed by atoms with Crippen LogP contribution in [0.1, 0.15) is 67.7 Å². The zero-order valence-corrected chi connectivity index (χ0v) is 19.7. The molecule has 3 aromatic rings. The largest absolute Gasteiger partial charge is 0.508 e. The van der Waals surface area contributed by atoms with Gasteiger partial charge in [-0.3, -0.25) is 4.98 Å². The first kappa shape index (κ1) is 22.7. The topological polar surface area (TPSA) is 62.2 Å². The smallest absolute Gasteiger partial charge is 0.126 e. The Labute approximate surface area is 193 Å². The lowest BCUT2D eigenvalue weighted by atomic mass is 9.56. The minimum Gasteiger partial charge on any atom is -0.508 e. The molecule has 5 heteroatoms. The van der Waals surface area contributed by atoms with Crippen LogP contribution < -0.4 is 4.72 Å². The van der Waals surface area contributed by atoms with Crippen LogP contribution in [0.4, 0.5) is 0 Å². The second kappa shape index (κ2) is 9.97. The van der Waals surface area contributed by atoms with Crippen molar-refractivity contribution >= 4 is 11.0 Å². The van der Waals surface area contributed by atoms with E-state index in [-0.39, 0.29) is 5.41 Å². The fourth-order valence-corrected chi connectivity index (χ4v) is 5.79. The van der Waals surface area contributed by atoms with Crippen molar-refractivity contribution in [3.05, 3.63) is 89.2 Å². The van der Waals surface area contributed by atoms with E-state index in [2.05, 4.69) is 53.9 Å². The van der Waals surface area contributed by atoms with Crippen LogP contribution in [0.2, 0.25) is 0 Å². The number of aromatic nitrogens is 1. The molecule has 168 valence electrons. The number of phenolic OH excluding ortho intramolecular Hbond substituents is 1. The normalized spacial score (nSPS) is 16.8. The van der Waals surface area contributed by atoms with Gasteiger partial charge >= 0.3 is 0 Å². The Morgan fingerprint density at radius 3 is 2.56 bits per heavy atom. The molecule has 0 bridgehead atoms. The van der Waals surface area contributed by atoms with Crippen LogP contribution in [0.15, 0.2) is 71.9 Å². The van der Waals surface area contributed by atoms with Gasteiger partial charge in [-0.2, -0.15) is 0 Å². The van der Waals surface area contributed by atoms with E-state index in [0.29, 0.717) is 23.1 Å². The average molecular weight is 449 g/mol. The monoisotopic (exact) mass is 448 g/mol. The lowest BCUT2D eigenvalue weighted by molar-refractivity contribution is 0.202. The Hall–Kier alpha value is -2.50. The molecule has 2 N–H and O–H groups in total. The first-order valence-electron chi connectivity index (χ1n) is 11.5. The van der Waals surface area contributed by atoms with E-state index in [1.165, 1.54) is 23.1 Å². The van der Waals surface area contributed by atoms with Gasteiger partial charge in [-0.05, 0) is 71.7 Å². The third-order valence-electron chi connectivity index (χ3n) is 6.97. The van der Waals surface area contributed by atoms with Crippen molar-refractivity contribution in [3.63, 3.8) is 0 Å². The summed E-state index contributed by atoms with van der Waals surface area (Å²) in [6.45, 7) is 5.12. The summed E-state index contributed by atoms with van der Waals surface area (Å²) in [5, 5.41) is 9.77. The number of nitrogens with one attached hydrogen (secondary N) is 1. The van der Waals surface area contributed by atoms with Crippen LogP contribution in [-0.2, 0) is 29.4 Å². The standard InChI is InChI=1S/C27H32N2O2S/c1-3-6-22-9-8-21(18-29-32(31)25-7-4-16-28-19-25)17-26(22)20(2)27(14-5-15-27)23-10-12-24(30)13-11-23/h4,7-13,16-17,19-20,29-30H,3,5-6,14-15,18H2,1-2H3. The molecule has 1 aliphatic carbocycles. The third kappa shape index (κ3) is 4.64. The molecule has 1 heterocycles. The summed E-state index contributed by atoms with van der Waals surface area (Å²) < 4.78 is 15.7. The summed E-state index contributed by atoms with van der Waals surface area (Å²) in [4.78, 5) is 4.74. The fourth-order valence-electron chi connectivity index (χ4n) is 4.96. The molecule has 2 unspecified atom stereocenters. The number of benzene rings is 2.